The third kappa shape index (κ3) is 6.83. The van der Waals surface area contributed by atoms with Crippen molar-refractivity contribution in [2.75, 3.05) is 4.90 Å². The van der Waals surface area contributed by atoms with Crippen LogP contribution in [0, 0.1) is 5.92 Å². The van der Waals surface area contributed by atoms with Crippen LogP contribution in [-0.4, -0.2) is 23.1 Å². The lowest BCUT2D eigenvalue weighted by molar-refractivity contribution is -0.123. The summed E-state index contributed by atoms with van der Waals surface area (Å²) < 4.78 is 27.9. The maximum absolute atomic E-state index is 14.4. The van der Waals surface area contributed by atoms with Crippen LogP contribution in [0.25, 0.3) is 5.57 Å². The van der Waals surface area contributed by atoms with Crippen molar-refractivity contribution in [2.24, 2.45) is 10.9 Å². The number of pyridine rings is 1. The second-order valence-electron chi connectivity index (χ2n) is 11.5. The molecular formula is C34H44F2N4O. The van der Waals surface area contributed by atoms with E-state index in [1.54, 1.807) is 32.3 Å². The molecule has 1 saturated carbocycles. The summed E-state index contributed by atoms with van der Waals surface area (Å²) in [6, 6.07) is 2.21. The molecule has 0 aromatic carbocycles. The number of amides is 1. The Morgan fingerprint density at radius 3 is 2.51 bits per heavy atom. The lowest BCUT2D eigenvalue weighted by Gasteiger charge is -2.42. The molecule has 1 fully saturated rings. The number of fused-ring (bicyclic) bond motifs is 1. The molecule has 0 spiro atoms. The molecule has 1 aromatic heterocycles. The second-order valence-corrected chi connectivity index (χ2v) is 11.5. The van der Waals surface area contributed by atoms with Crippen LogP contribution >= 0.6 is 0 Å². The maximum Gasteiger partial charge on any atom is 0.239 e. The van der Waals surface area contributed by atoms with E-state index >= 15 is 0 Å². The van der Waals surface area contributed by atoms with Gasteiger partial charge >= 0.3 is 0 Å². The third-order valence-electron chi connectivity index (χ3n) is 7.92. The van der Waals surface area contributed by atoms with Crippen molar-refractivity contribution in [3.05, 3.63) is 89.2 Å². The minimum Gasteiger partial charge on any atom is -0.356 e. The van der Waals surface area contributed by atoms with E-state index in [4.69, 9.17) is 4.98 Å². The Morgan fingerprint density at radius 1 is 1.24 bits per heavy atom. The van der Waals surface area contributed by atoms with Crippen molar-refractivity contribution < 1.29 is 13.6 Å². The van der Waals surface area contributed by atoms with Crippen LogP contribution < -0.4 is 10.2 Å². The minimum atomic E-state index is -1.15. The largest absolute Gasteiger partial charge is 0.356 e. The van der Waals surface area contributed by atoms with Crippen molar-refractivity contribution in [3.8, 4) is 0 Å². The number of nitrogens with zero attached hydrogens (tertiary/aromatic N) is 3. The lowest BCUT2D eigenvalue weighted by atomic mass is 9.76. The number of aliphatic imine (C=N–C) groups is 1. The van der Waals surface area contributed by atoms with Gasteiger partial charge in [0.1, 0.15) is 0 Å². The summed E-state index contributed by atoms with van der Waals surface area (Å²) in [7, 11) is 0. The fourth-order valence-electron chi connectivity index (χ4n) is 5.37. The molecular weight excluding hydrogens is 518 g/mol. The first-order valence-corrected chi connectivity index (χ1v) is 14.5. The van der Waals surface area contributed by atoms with Gasteiger partial charge in [-0.25, -0.2) is 8.78 Å². The zero-order chi connectivity index (χ0) is 30.5. The van der Waals surface area contributed by atoms with Gasteiger partial charge in [-0.15, -0.1) is 0 Å². The molecule has 0 radical (unpaired) electrons. The molecule has 0 atom stereocenters. The Morgan fingerprint density at radius 2 is 1.93 bits per heavy atom. The summed E-state index contributed by atoms with van der Waals surface area (Å²) >= 11 is 0. The molecule has 220 valence electrons. The molecule has 0 saturated heterocycles. The van der Waals surface area contributed by atoms with E-state index in [1.165, 1.54) is 12.5 Å². The fraction of sp³-hybridized carbons (Fsp3) is 0.441. The van der Waals surface area contributed by atoms with Crippen LogP contribution in [0.4, 0.5) is 14.5 Å². The lowest BCUT2D eigenvalue weighted by Crippen LogP contribution is -2.49. The topological polar surface area (TPSA) is 57.6 Å². The summed E-state index contributed by atoms with van der Waals surface area (Å²) in [5.74, 6) is -1.43. The standard InChI is InChI=1S/C34H44F2N4O/c1-10-13-25-17-27(18-25)40-30-19-26(20-38-32(30)34(8,9)33(40)41)21(4)16-29(37-15-12-3)22(5)24(7)39-28(14-11-2)31(36)23(6)35/h11,14-16,19-20,25,27,39H,4,6,10,12-13,17-18H2,1-3,5,7-9H3/b14-11?,24-22+,29-16+,31-28-,37-15?. The Hall–Kier alpha value is -3.61. The number of carbonyl (C=O) groups is 1. The average Bonchev–Trinajstić information content (AvgIpc) is 3.11. The number of nitrogens with one attached hydrogen (secondary N) is 1. The van der Waals surface area contributed by atoms with Gasteiger partial charge in [0.15, 0.2) is 11.7 Å². The highest BCUT2D eigenvalue weighted by atomic mass is 19.2. The van der Waals surface area contributed by atoms with Crippen LogP contribution in [-0.2, 0) is 10.2 Å². The van der Waals surface area contributed by atoms with Gasteiger partial charge in [-0.1, -0.05) is 45.9 Å². The SMILES string of the molecule is C=C(F)/C(F)=C(\C=CC)N/C(C)=C(C)/C(=C\C(=C)c1cnc2c(c1)N(C1CC(CCC)C1)C(=O)C2(C)C)N=CCC. The molecule has 7 heteroatoms. The predicted octanol–water partition coefficient (Wildman–Crippen LogP) is 8.79. The van der Waals surface area contributed by atoms with Crippen LogP contribution in [0.2, 0.25) is 0 Å². The van der Waals surface area contributed by atoms with Crippen LogP contribution in [0.3, 0.4) is 0 Å². The zero-order valence-electron chi connectivity index (χ0n) is 25.6. The highest BCUT2D eigenvalue weighted by Gasteiger charge is 2.50. The quantitative estimate of drug-likeness (QED) is 0.205. The number of allylic oxidation sites excluding steroid dienone is 8. The first-order valence-electron chi connectivity index (χ1n) is 14.5. The normalized spacial score (nSPS) is 21.5. The van der Waals surface area contributed by atoms with E-state index in [-0.39, 0.29) is 17.6 Å². The van der Waals surface area contributed by atoms with Crippen molar-refractivity contribution >= 4 is 23.4 Å². The number of hydrogen-bond donors (Lipinski definition) is 1. The number of halogens is 2. The number of carbonyl (C=O) groups excluding carboxylic acids is 1. The highest BCUT2D eigenvalue weighted by molar-refractivity contribution is 6.07. The third-order valence-corrected chi connectivity index (χ3v) is 7.92. The Kier molecular flexibility index (Phi) is 10.4. The summed E-state index contributed by atoms with van der Waals surface area (Å²) in [6.07, 6.45) is 13.6. The summed E-state index contributed by atoms with van der Waals surface area (Å²) in [6.45, 7) is 20.8. The Labute approximate surface area is 244 Å². The molecule has 1 amide bonds. The van der Waals surface area contributed by atoms with Gasteiger partial charge in [0.25, 0.3) is 0 Å². The number of anilines is 1. The van der Waals surface area contributed by atoms with Crippen LogP contribution in [0.1, 0.15) is 91.8 Å². The second kappa shape index (κ2) is 13.4. The number of rotatable bonds is 12. The zero-order valence-corrected chi connectivity index (χ0v) is 25.6. The molecule has 5 nitrogen and oxygen atoms in total. The molecule has 1 aliphatic carbocycles. The van der Waals surface area contributed by atoms with Gasteiger partial charge in [-0.3, -0.25) is 14.8 Å². The summed E-state index contributed by atoms with van der Waals surface area (Å²) in [5.41, 5.74) is 4.37. The van der Waals surface area contributed by atoms with Gasteiger partial charge in [-0.05, 0) is 89.2 Å². The molecule has 1 aromatic rings. The Bertz CT molecular complexity index is 1360. The van der Waals surface area contributed by atoms with Gasteiger partial charge in [0, 0.05) is 29.7 Å². The fourth-order valence-corrected chi connectivity index (χ4v) is 5.37. The van der Waals surface area contributed by atoms with Gasteiger partial charge in [0.2, 0.25) is 5.91 Å². The van der Waals surface area contributed by atoms with E-state index in [0.717, 1.165) is 48.2 Å². The van der Waals surface area contributed by atoms with Gasteiger partial charge < -0.3 is 10.2 Å². The monoisotopic (exact) mass is 562 g/mol. The summed E-state index contributed by atoms with van der Waals surface area (Å²) in [5, 5.41) is 2.96. The van der Waals surface area contributed by atoms with E-state index in [9.17, 15) is 13.6 Å². The molecule has 1 N–H and O–H groups in total. The van der Waals surface area contributed by atoms with Gasteiger partial charge in [0.05, 0.1) is 28.2 Å². The molecule has 2 aliphatic rings. The van der Waals surface area contributed by atoms with Crippen molar-refractivity contribution in [2.45, 2.75) is 92.0 Å². The molecule has 1 aliphatic heterocycles. The maximum atomic E-state index is 14.4. The molecule has 2 heterocycles. The molecule has 41 heavy (non-hydrogen) atoms. The van der Waals surface area contributed by atoms with Crippen molar-refractivity contribution in [1.82, 2.24) is 10.3 Å². The molecule has 3 rings (SSSR count). The smallest absolute Gasteiger partial charge is 0.239 e. The van der Waals surface area contributed by atoms with Crippen LogP contribution in [0.5, 0.6) is 0 Å². The number of aromatic nitrogens is 1. The number of hydrogen-bond acceptors (Lipinski definition) is 4. The minimum absolute atomic E-state index is 0.0261. The van der Waals surface area contributed by atoms with E-state index < -0.39 is 17.1 Å². The average molecular weight is 563 g/mol. The van der Waals surface area contributed by atoms with E-state index in [1.807, 2.05) is 44.7 Å². The highest BCUT2D eigenvalue weighted by Crippen LogP contribution is 2.47. The van der Waals surface area contributed by atoms with Crippen molar-refractivity contribution in [3.63, 3.8) is 0 Å². The van der Waals surface area contributed by atoms with Crippen LogP contribution in [0.15, 0.2) is 83.0 Å². The van der Waals surface area contributed by atoms with Gasteiger partial charge in [-0.2, -0.15) is 0 Å². The summed E-state index contributed by atoms with van der Waals surface area (Å²) in [4.78, 5) is 24.9. The predicted molar refractivity (Wildman–Crippen MR) is 167 cm³/mol. The first kappa shape index (κ1) is 31.9. The van der Waals surface area contributed by atoms with Crippen molar-refractivity contribution in [1.29, 1.82) is 0 Å². The first-order chi connectivity index (χ1) is 19.4. The van der Waals surface area contributed by atoms with E-state index in [0.29, 0.717) is 22.9 Å². The molecule has 0 bridgehead atoms. The van der Waals surface area contributed by atoms with E-state index in [2.05, 4.69) is 30.4 Å². The molecule has 0 unspecified atom stereocenters. The Balaban J connectivity index is 1.99.